The molecule has 0 bridgehead atoms. The van der Waals surface area contributed by atoms with E-state index in [2.05, 4.69) is 5.32 Å². The molecule has 0 aromatic rings. The Morgan fingerprint density at radius 3 is 2.62 bits per heavy atom. The highest BCUT2D eigenvalue weighted by Gasteiger charge is 2.22. The number of hydrogen-bond donors (Lipinski definition) is 2. The average molecular weight is 228 g/mol. The molecule has 1 saturated heterocycles. The second-order valence-corrected chi connectivity index (χ2v) is 4.49. The molecule has 94 valence electrons. The van der Waals surface area contributed by atoms with E-state index in [-0.39, 0.29) is 18.6 Å². The van der Waals surface area contributed by atoms with Crippen LogP contribution in [-0.4, -0.2) is 48.2 Å². The predicted molar refractivity (Wildman–Crippen MR) is 64.2 cm³/mol. The minimum atomic E-state index is -0.0628. The second kappa shape index (κ2) is 7.63. The van der Waals surface area contributed by atoms with Crippen molar-refractivity contribution in [3.63, 3.8) is 0 Å². The van der Waals surface area contributed by atoms with Crippen LogP contribution in [0.25, 0.3) is 0 Å². The van der Waals surface area contributed by atoms with Crippen molar-refractivity contribution in [2.24, 2.45) is 0 Å². The summed E-state index contributed by atoms with van der Waals surface area (Å²) < 4.78 is 0. The van der Waals surface area contributed by atoms with Crippen molar-refractivity contribution in [2.45, 2.75) is 45.1 Å². The van der Waals surface area contributed by atoms with Crippen molar-refractivity contribution in [2.75, 3.05) is 26.2 Å². The third kappa shape index (κ3) is 4.49. The number of rotatable bonds is 7. The molecule has 0 aromatic carbocycles. The van der Waals surface area contributed by atoms with Gasteiger partial charge < -0.3 is 15.3 Å². The van der Waals surface area contributed by atoms with Crippen LogP contribution in [0.4, 0.5) is 0 Å². The van der Waals surface area contributed by atoms with Crippen LogP contribution in [0.2, 0.25) is 0 Å². The van der Waals surface area contributed by atoms with Gasteiger partial charge in [-0.25, -0.2) is 0 Å². The quantitative estimate of drug-likeness (QED) is 0.632. The van der Waals surface area contributed by atoms with Crippen LogP contribution in [-0.2, 0) is 4.79 Å². The van der Waals surface area contributed by atoms with Crippen molar-refractivity contribution in [3.8, 4) is 0 Å². The molecule has 0 radical (unpaired) electrons. The lowest BCUT2D eigenvalue weighted by Crippen LogP contribution is -2.43. The Morgan fingerprint density at radius 2 is 2.00 bits per heavy atom. The van der Waals surface area contributed by atoms with E-state index in [9.17, 15) is 4.79 Å². The molecule has 0 spiro atoms. The number of carbonyl (C=O) groups is 1. The first-order valence-electron chi connectivity index (χ1n) is 6.38. The summed E-state index contributed by atoms with van der Waals surface area (Å²) in [6, 6.07) is -0.0628. The lowest BCUT2D eigenvalue weighted by molar-refractivity contribution is -0.131. The minimum Gasteiger partial charge on any atom is -0.396 e. The summed E-state index contributed by atoms with van der Waals surface area (Å²) in [4.78, 5) is 13.8. The number of carbonyl (C=O) groups excluding carboxylic acids is 1. The van der Waals surface area contributed by atoms with Crippen LogP contribution in [0.1, 0.15) is 39.0 Å². The van der Waals surface area contributed by atoms with Crippen molar-refractivity contribution >= 4 is 5.91 Å². The van der Waals surface area contributed by atoms with Gasteiger partial charge in [-0.1, -0.05) is 0 Å². The van der Waals surface area contributed by atoms with Gasteiger partial charge in [0.05, 0.1) is 6.04 Å². The number of aliphatic hydroxyl groups is 1. The Hall–Kier alpha value is -0.610. The summed E-state index contributed by atoms with van der Waals surface area (Å²) >= 11 is 0. The molecular weight excluding hydrogens is 204 g/mol. The van der Waals surface area contributed by atoms with E-state index in [1.807, 2.05) is 11.8 Å². The smallest absolute Gasteiger partial charge is 0.239 e. The minimum absolute atomic E-state index is 0.0628. The highest BCUT2D eigenvalue weighted by atomic mass is 16.2. The first kappa shape index (κ1) is 13.5. The van der Waals surface area contributed by atoms with Crippen LogP contribution in [0.15, 0.2) is 0 Å². The summed E-state index contributed by atoms with van der Waals surface area (Å²) in [5, 5.41) is 11.9. The van der Waals surface area contributed by atoms with Crippen molar-refractivity contribution in [1.29, 1.82) is 0 Å². The molecule has 1 fully saturated rings. The standard InChI is InChI=1S/C12H24N2O2/c1-11(13-7-3-2-6-10-15)12(16)14-8-4-5-9-14/h11,13,15H,2-10H2,1H3. The lowest BCUT2D eigenvalue weighted by atomic mass is 10.2. The van der Waals surface area contributed by atoms with E-state index in [4.69, 9.17) is 5.11 Å². The van der Waals surface area contributed by atoms with Gasteiger partial charge in [0.2, 0.25) is 5.91 Å². The number of hydrogen-bond acceptors (Lipinski definition) is 3. The van der Waals surface area contributed by atoms with Crippen LogP contribution in [0.5, 0.6) is 0 Å². The summed E-state index contributed by atoms with van der Waals surface area (Å²) in [5.41, 5.74) is 0. The summed E-state index contributed by atoms with van der Waals surface area (Å²) in [7, 11) is 0. The van der Waals surface area contributed by atoms with Crippen LogP contribution in [0, 0.1) is 0 Å². The van der Waals surface area contributed by atoms with Gasteiger partial charge in [0.1, 0.15) is 0 Å². The van der Waals surface area contributed by atoms with E-state index >= 15 is 0 Å². The fourth-order valence-corrected chi connectivity index (χ4v) is 2.03. The van der Waals surface area contributed by atoms with Gasteiger partial charge in [-0.2, -0.15) is 0 Å². The van der Waals surface area contributed by atoms with Crippen LogP contribution >= 0.6 is 0 Å². The zero-order chi connectivity index (χ0) is 11.8. The number of nitrogens with zero attached hydrogens (tertiary/aromatic N) is 1. The molecule has 4 nitrogen and oxygen atoms in total. The van der Waals surface area contributed by atoms with Crippen molar-refractivity contribution < 1.29 is 9.90 Å². The topological polar surface area (TPSA) is 52.6 Å². The Kier molecular flexibility index (Phi) is 6.42. The largest absolute Gasteiger partial charge is 0.396 e. The molecule has 1 unspecified atom stereocenters. The van der Waals surface area contributed by atoms with E-state index in [0.717, 1.165) is 51.7 Å². The Labute approximate surface area is 98.0 Å². The molecule has 2 N–H and O–H groups in total. The second-order valence-electron chi connectivity index (χ2n) is 4.49. The van der Waals surface area contributed by atoms with Gasteiger partial charge in [0.15, 0.2) is 0 Å². The zero-order valence-electron chi connectivity index (χ0n) is 10.2. The molecule has 1 heterocycles. The lowest BCUT2D eigenvalue weighted by Gasteiger charge is -2.21. The number of amides is 1. The molecule has 0 saturated carbocycles. The van der Waals surface area contributed by atoms with E-state index in [1.54, 1.807) is 0 Å². The van der Waals surface area contributed by atoms with Gasteiger partial charge in [-0.15, -0.1) is 0 Å². The summed E-state index contributed by atoms with van der Waals surface area (Å²) in [5.74, 6) is 0.236. The molecule has 0 aliphatic carbocycles. The maximum absolute atomic E-state index is 11.9. The van der Waals surface area contributed by atoms with E-state index < -0.39 is 0 Å². The summed E-state index contributed by atoms with van der Waals surface area (Å²) in [6.45, 7) is 4.92. The Bertz CT molecular complexity index is 203. The van der Waals surface area contributed by atoms with Gasteiger partial charge in [0, 0.05) is 19.7 Å². The van der Waals surface area contributed by atoms with Gasteiger partial charge in [-0.05, 0) is 45.6 Å². The third-order valence-electron chi connectivity index (χ3n) is 3.07. The van der Waals surface area contributed by atoms with Gasteiger partial charge in [0.25, 0.3) is 0 Å². The Morgan fingerprint density at radius 1 is 1.31 bits per heavy atom. The number of unbranched alkanes of at least 4 members (excludes halogenated alkanes) is 2. The van der Waals surface area contributed by atoms with Gasteiger partial charge >= 0.3 is 0 Å². The average Bonchev–Trinajstić information content (AvgIpc) is 2.81. The third-order valence-corrected chi connectivity index (χ3v) is 3.07. The Balaban J connectivity index is 2.08. The van der Waals surface area contributed by atoms with Gasteiger partial charge in [-0.3, -0.25) is 4.79 Å². The first-order valence-corrected chi connectivity index (χ1v) is 6.38. The molecule has 1 aliphatic heterocycles. The number of likely N-dealkylation sites (tertiary alicyclic amines) is 1. The highest BCUT2D eigenvalue weighted by molar-refractivity contribution is 5.81. The molecule has 1 rings (SSSR count). The van der Waals surface area contributed by atoms with Crippen LogP contribution < -0.4 is 5.32 Å². The maximum atomic E-state index is 11.9. The summed E-state index contributed by atoms with van der Waals surface area (Å²) in [6.07, 6.45) is 5.20. The molecule has 0 aromatic heterocycles. The van der Waals surface area contributed by atoms with E-state index in [1.165, 1.54) is 0 Å². The van der Waals surface area contributed by atoms with Crippen molar-refractivity contribution in [1.82, 2.24) is 10.2 Å². The fourth-order valence-electron chi connectivity index (χ4n) is 2.03. The highest BCUT2D eigenvalue weighted by Crippen LogP contribution is 2.08. The molecule has 16 heavy (non-hydrogen) atoms. The zero-order valence-corrected chi connectivity index (χ0v) is 10.2. The monoisotopic (exact) mass is 228 g/mol. The van der Waals surface area contributed by atoms with Crippen molar-refractivity contribution in [3.05, 3.63) is 0 Å². The molecular formula is C12H24N2O2. The first-order chi connectivity index (χ1) is 7.75. The van der Waals surface area contributed by atoms with Crippen LogP contribution in [0.3, 0.4) is 0 Å². The maximum Gasteiger partial charge on any atom is 0.239 e. The molecule has 4 heteroatoms. The molecule has 1 aliphatic rings. The normalized spacial score (nSPS) is 17.8. The fraction of sp³-hybridized carbons (Fsp3) is 0.917. The number of aliphatic hydroxyl groups excluding tert-OH is 1. The SMILES string of the molecule is CC(NCCCCCO)C(=O)N1CCCC1. The molecule has 1 amide bonds. The molecule has 1 atom stereocenters. The number of nitrogens with one attached hydrogen (secondary N) is 1. The predicted octanol–water partition coefficient (Wildman–Crippen LogP) is 0.749. The van der Waals surface area contributed by atoms with E-state index in [0.29, 0.717) is 0 Å².